The zero-order valence-corrected chi connectivity index (χ0v) is 11.0. The summed E-state index contributed by atoms with van der Waals surface area (Å²) in [4.78, 5) is 5.18. The molecule has 1 N–H and O–H groups in total. The number of aromatic nitrogens is 2. The van der Waals surface area contributed by atoms with E-state index in [1.807, 2.05) is 11.4 Å². The largest absolute Gasteiger partial charge is 0.383 e. The van der Waals surface area contributed by atoms with E-state index in [4.69, 9.17) is 9.26 Å². The fraction of sp³-hybridized carbons (Fsp3) is 0.333. The van der Waals surface area contributed by atoms with E-state index in [-0.39, 0.29) is 0 Å². The van der Waals surface area contributed by atoms with Gasteiger partial charge in [0.05, 0.1) is 11.5 Å². The molecule has 0 amide bonds. The van der Waals surface area contributed by atoms with Gasteiger partial charge in [0.25, 0.3) is 0 Å². The summed E-state index contributed by atoms with van der Waals surface area (Å²) >= 11 is 4.94. The van der Waals surface area contributed by atoms with E-state index in [1.54, 1.807) is 18.4 Å². The highest BCUT2D eigenvalue weighted by Gasteiger charge is 2.09. The topological polar surface area (TPSA) is 60.2 Å². The highest BCUT2D eigenvalue weighted by molar-refractivity contribution is 9.10. The predicted octanol–water partition coefficient (Wildman–Crippen LogP) is 2.62. The van der Waals surface area contributed by atoms with Crippen LogP contribution in [0.3, 0.4) is 0 Å². The van der Waals surface area contributed by atoms with Crippen LogP contribution >= 0.6 is 27.3 Å². The molecule has 86 valence electrons. The summed E-state index contributed by atoms with van der Waals surface area (Å²) in [7, 11) is 1.64. The van der Waals surface area contributed by atoms with Gasteiger partial charge in [0.2, 0.25) is 5.82 Å². The molecule has 0 aliphatic heterocycles. The number of anilines is 1. The van der Waals surface area contributed by atoms with Crippen molar-refractivity contribution in [2.45, 2.75) is 0 Å². The predicted molar refractivity (Wildman–Crippen MR) is 65.7 cm³/mol. The summed E-state index contributed by atoms with van der Waals surface area (Å²) in [6.45, 7) is 1.24. The molecule has 0 saturated carbocycles. The molecule has 0 aliphatic rings. The molecule has 0 bridgehead atoms. The van der Waals surface area contributed by atoms with E-state index in [1.165, 1.54) is 0 Å². The Hall–Kier alpha value is -0.920. The van der Waals surface area contributed by atoms with Crippen molar-refractivity contribution in [3.05, 3.63) is 15.9 Å². The minimum absolute atomic E-state index is 0.413. The smallest absolute Gasteiger partial charge is 0.321 e. The lowest BCUT2D eigenvalue weighted by atomic mass is 10.4. The van der Waals surface area contributed by atoms with Crippen LogP contribution in [0.2, 0.25) is 0 Å². The number of ether oxygens (including phenoxy) is 1. The van der Waals surface area contributed by atoms with Crippen LogP contribution < -0.4 is 5.32 Å². The van der Waals surface area contributed by atoms with Gasteiger partial charge >= 0.3 is 6.01 Å². The molecule has 0 unspecified atom stereocenters. The van der Waals surface area contributed by atoms with Gasteiger partial charge in [-0.3, -0.25) is 0 Å². The molecule has 0 spiro atoms. The molecule has 7 heteroatoms. The van der Waals surface area contributed by atoms with Crippen LogP contribution in [0.15, 0.2) is 20.4 Å². The van der Waals surface area contributed by atoms with Crippen molar-refractivity contribution < 1.29 is 9.26 Å². The maximum atomic E-state index is 5.04. The molecule has 0 saturated heterocycles. The highest BCUT2D eigenvalue weighted by Crippen LogP contribution is 2.28. The van der Waals surface area contributed by atoms with Gasteiger partial charge < -0.3 is 14.6 Å². The van der Waals surface area contributed by atoms with Crippen molar-refractivity contribution in [1.29, 1.82) is 0 Å². The first-order valence-corrected chi connectivity index (χ1v) is 6.28. The summed E-state index contributed by atoms with van der Waals surface area (Å²) in [6.07, 6.45) is 0. The summed E-state index contributed by atoms with van der Waals surface area (Å²) < 4.78 is 11.0. The van der Waals surface area contributed by atoms with Crippen molar-refractivity contribution in [2.75, 3.05) is 25.6 Å². The first kappa shape index (κ1) is 11.6. The maximum absolute atomic E-state index is 5.04. The number of hydrogen-bond acceptors (Lipinski definition) is 6. The number of thiophene rings is 1. The zero-order chi connectivity index (χ0) is 11.4. The Morgan fingerprint density at radius 3 is 3.19 bits per heavy atom. The molecule has 2 rings (SSSR count). The standard InChI is InChI=1S/C9H10BrN3O2S/c1-14-3-2-11-9-12-8(13-15-9)7-4-6(10)5-16-7/h4-5H,2-3H2,1H3,(H,11,12,13). The van der Waals surface area contributed by atoms with E-state index >= 15 is 0 Å². The van der Waals surface area contributed by atoms with Crippen LogP contribution in [0.1, 0.15) is 0 Å². The lowest BCUT2D eigenvalue weighted by Gasteiger charge is -1.97. The quantitative estimate of drug-likeness (QED) is 0.860. The lowest BCUT2D eigenvalue weighted by Crippen LogP contribution is -2.07. The average Bonchev–Trinajstić information content (AvgIpc) is 2.87. The van der Waals surface area contributed by atoms with Crippen LogP contribution in [0.4, 0.5) is 6.01 Å². The van der Waals surface area contributed by atoms with Crippen molar-refractivity contribution in [3.8, 4) is 10.7 Å². The second-order valence-electron chi connectivity index (χ2n) is 2.97. The first-order valence-electron chi connectivity index (χ1n) is 4.60. The molecule has 16 heavy (non-hydrogen) atoms. The van der Waals surface area contributed by atoms with Gasteiger partial charge in [0.15, 0.2) is 0 Å². The van der Waals surface area contributed by atoms with Gasteiger partial charge in [-0.1, -0.05) is 5.16 Å². The van der Waals surface area contributed by atoms with Gasteiger partial charge in [0.1, 0.15) is 0 Å². The average molecular weight is 304 g/mol. The molecular weight excluding hydrogens is 294 g/mol. The highest BCUT2D eigenvalue weighted by atomic mass is 79.9. The summed E-state index contributed by atoms with van der Waals surface area (Å²) in [5.74, 6) is 0.593. The minimum atomic E-state index is 0.413. The number of halogens is 1. The molecule has 0 atom stereocenters. The third-order valence-corrected chi connectivity index (χ3v) is 3.48. The Kier molecular flexibility index (Phi) is 3.92. The van der Waals surface area contributed by atoms with Crippen molar-refractivity contribution >= 4 is 33.3 Å². The van der Waals surface area contributed by atoms with Gasteiger partial charge in [0, 0.05) is 23.5 Å². The van der Waals surface area contributed by atoms with E-state index in [0.717, 1.165) is 9.35 Å². The number of nitrogens with zero attached hydrogens (tertiary/aromatic N) is 2. The number of hydrogen-bond donors (Lipinski definition) is 1. The Morgan fingerprint density at radius 2 is 2.50 bits per heavy atom. The van der Waals surface area contributed by atoms with Crippen molar-refractivity contribution in [1.82, 2.24) is 10.1 Å². The maximum Gasteiger partial charge on any atom is 0.321 e. The van der Waals surface area contributed by atoms with Gasteiger partial charge in [-0.05, 0) is 22.0 Å². The lowest BCUT2D eigenvalue weighted by molar-refractivity contribution is 0.210. The van der Waals surface area contributed by atoms with Crippen LogP contribution in [0.25, 0.3) is 10.7 Å². The number of rotatable bonds is 5. The van der Waals surface area contributed by atoms with E-state index in [0.29, 0.717) is 25.0 Å². The third kappa shape index (κ3) is 2.81. The molecule has 0 radical (unpaired) electrons. The second-order valence-corrected chi connectivity index (χ2v) is 4.80. The fourth-order valence-corrected chi connectivity index (χ4v) is 2.44. The Morgan fingerprint density at radius 1 is 1.62 bits per heavy atom. The summed E-state index contributed by atoms with van der Waals surface area (Å²) in [5.41, 5.74) is 0. The summed E-state index contributed by atoms with van der Waals surface area (Å²) in [5, 5.41) is 8.82. The molecule has 0 fully saturated rings. The van der Waals surface area contributed by atoms with Crippen molar-refractivity contribution in [3.63, 3.8) is 0 Å². The SMILES string of the molecule is COCCNc1nc(-c2cc(Br)cs2)no1. The van der Waals surface area contributed by atoms with Gasteiger partial charge in [-0.2, -0.15) is 4.98 Å². The van der Waals surface area contributed by atoms with Gasteiger partial charge in [-0.15, -0.1) is 11.3 Å². The monoisotopic (exact) mass is 303 g/mol. The third-order valence-electron chi connectivity index (χ3n) is 1.80. The molecule has 0 aliphatic carbocycles. The second kappa shape index (κ2) is 5.42. The number of methoxy groups -OCH3 is 1. The molecule has 2 heterocycles. The first-order chi connectivity index (χ1) is 7.79. The molecule has 2 aromatic heterocycles. The van der Waals surface area contributed by atoms with Crippen LogP contribution in [0, 0.1) is 0 Å². The Bertz CT molecular complexity index is 457. The Balaban J connectivity index is 2.02. The normalized spacial score (nSPS) is 10.6. The minimum Gasteiger partial charge on any atom is -0.383 e. The zero-order valence-electron chi connectivity index (χ0n) is 8.57. The summed E-state index contributed by atoms with van der Waals surface area (Å²) in [6, 6.07) is 2.37. The fourth-order valence-electron chi connectivity index (χ4n) is 1.09. The van der Waals surface area contributed by atoms with Crippen LogP contribution in [-0.2, 0) is 4.74 Å². The van der Waals surface area contributed by atoms with E-state index in [9.17, 15) is 0 Å². The van der Waals surface area contributed by atoms with Crippen LogP contribution in [-0.4, -0.2) is 30.4 Å². The molecule has 2 aromatic rings. The van der Waals surface area contributed by atoms with Gasteiger partial charge in [-0.25, -0.2) is 0 Å². The van der Waals surface area contributed by atoms with E-state index in [2.05, 4.69) is 31.4 Å². The van der Waals surface area contributed by atoms with E-state index < -0.39 is 0 Å². The van der Waals surface area contributed by atoms with Crippen molar-refractivity contribution in [2.24, 2.45) is 0 Å². The van der Waals surface area contributed by atoms with Crippen LogP contribution in [0.5, 0.6) is 0 Å². The number of nitrogens with one attached hydrogen (secondary N) is 1. The molecule has 0 aromatic carbocycles. The Labute approximate surface area is 105 Å². The molecule has 5 nitrogen and oxygen atoms in total. The molecular formula is C9H10BrN3O2S.